The number of hydrogen-bond donors (Lipinski definition) is 2. The molecular formula is C7H16O2. The summed E-state index contributed by atoms with van der Waals surface area (Å²) in [7, 11) is 0. The van der Waals surface area contributed by atoms with E-state index in [-0.39, 0.29) is 18.1 Å². The van der Waals surface area contributed by atoms with Crippen molar-refractivity contribution in [3.05, 3.63) is 0 Å². The Morgan fingerprint density at radius 3 is 1.67 bits per heavy atom. The van der Waals surface area contributed by atoms with E-state index in [0.29, 0.717) is 6.42 Å². The van der Waals surface area contributed by atoms with Gasteiger partial charge in [0.05, 0.1) is 12.2 Å². The minimum atomic E-state index is -0.387. The van der Waals surface area contributed by atoms with Crippen LogP contribution in [0.2, 0.25) is 0 Å². The van der Waals surface area contributed by atoms with E-state index in [1.807, 2.05) is 13.8 Å². The maximum atomic E-state index is 9.14. The highest BCUT2D eigenvalue weighted by molar-refractivity contribution is 4.62. The molecule has 0 saturated heterocycles. The highest BCUT2D eigenvalue weighted by Gasteiger charge is 2.10. The van der Waals surface area contributed by atoms with Gasteiger partial charge in [-0.05, 0) is 19.3 Å². The summed E-state index contributed by atoms with van der Waals surface area (Å²) in [6.07, 6.45) is -0.259. The van der Waals surface area contributed by atoms with E-state index in [1.165, 1.54) is 0 Å². The van der Waals surface area contributed by atoms with Crippen LogP contribution in [0.3, 0.4) is 0 Å². The first-order chi connectivity index (χ1) is 4.04. The predicted molar refractivity (Wildman–Crippen MR) is 37.1 cm³/mol. The van der Waals surface area contributed by atoms with E-state index in [2.05, 4.69) is 0 Å². The summed E-state index contributed by atoms with van der Waals surface area (Å²) in [5.41, 5.74) is 0. The van der Waals surface area contributed by atoms with Gasteiger partial charge in [0.25, 0.3) is 0 Å². The van der Waals surface area contributed by atoms with Gasteiger partial charge in [0.15, 0.2) is 0 Å². The predicted octanol–water partition coefficient (Wildman–Crippen LogP) is 0.774. The highest BCUT2D eigenvalue weighted by atomic mass is 16.3. The lowest BCUT2D eigenvalue weighted by atomic mass is 10.0. The third-order valence-corrected chi connectivity index (χ3v) is 1.35. The Morgan fingerprint density at radius 2 is 1.56 bits per heavy atom. The average molecular weight is 132 g/mol. The molecule has 0 aromatic carbocycles. The summed E-state index contributed by atoms with van der Waals surface area (Å²) in [4.78, 5) is 0. The summed E-state index contributed by atoms with van der Waals surface area (Å²) < 4.78 is 0. The third-order valence-electron chi connectivity index (χ3n) is 1.35. The molecule has 0 rings (SSSR count). The second kappa shape index (κ2) is 3.85. The van der Waals surface area contributed by atoms with Crippen molar-refractivity contribution in [2.24, 2.45) is 5.92 Å². The van der Waals surface area contributed by atoms with Gasteiger partial charge in [-0.3, -0.25) is 0 Å². The first-order valence-electron chi connectivity index (χ1n) is 3.40. The van der Waals surface area contributed by atoms with Crippen molar-refractivity contribution in [1.29, 1.82) is 0 Å². The van der Waals surface area contributed by atoms with Crippen molar-refractivity contribution in [2.45, 2.75) is 39.4 Å². The van der Waals surface area contributed by atoms with Gasteiger partial charge in [-0.2, -0.15) is 0 Å². The maximum absolute atomic E-state index is 9.14. The first-order valence-corrected chi connectivity index (χ1v) is 3.40. The summed E-state index contributed by atoms with van der Waals surface area (Å²) in [5.74, 6) is 0.250. The Kier molecular flexibility index (Phi) is 3.82. The molecule has 0 spiro atoms. The fraction of sp³-hybridized carbons (Fsp3) is 1.00. The monoisotopic (exact) mass is 132 g/mol. The van der Waals surface area contributed by atoms with Crippen molar-refractivity contribution in [1.82, 2.24) is 0 Å². The molecule has 2 nitrogen and oxygen atoms in total. The maximum Gasteiger partial charge on any atom is 0.0587 e. The minimum absolute atomic E-state index is 0.250. The summed E-state index contributed by atoms with van der Waals surface area (Å²) in [6, 6.07) is 0. The van der Waals surface area contributed by atoms with Gasteiger partial charge in [0.1, 0.15) is 0 Å². The normalized spacial score (nSPS) is 18.0. The third kappa shape index (κ3) is 4.43. The molecule has 0 fully saturated rings. The first kappa shape index (κ1) is 8.92. The lowest BCUT2D eigenvalue weighted by Crippen LogP contribution is -2.20. The SMILES string of the molecule is CC(C)[C@H](O)C[C@H](C)O. The summed E-state index contributed by atoms with van der Waals surface area (Å²) >= 11 is 0. The molecular weight excluding hydrogens is 116 g/mol. The van der Waals surface area contributed by atoms with Crippen molar-refractivity contribution in [3.8, 4) is 0 Å². The van der Waals surface area contributed by atoms with Gasteiger partial charge < -0.3 is 10.2 Å². The fourth-order valence-electron chi connectivity index (χ4n) is 0.622. The van der Waals surface area contributed by atoms with Crippen molar-refractivity contribution in [2.75, 3.05) is 0 Å². The van der Waals surface area contributed by atoms with Gasteiger partial charge in [0, 0.05) is 0 Å². The molecule has 0 aromatic heterocycles. The van der Waals surface area contributed by atoms with Crippen molar-refractivity contribution in [3.63, 3.8) is 0 Å². The molecule has 56 valence electrons. The van der Waals surface area contributed by atoms with Crippen molar-refractivity contribution >= 4 is 0 Å². The quantitative estimate of drug-likeness (QED) is 0.595. The van der Waals surface area contributed by atoms with E-state index in [0.717, 1.165) is 0 Å². The Bertz CT molecular complexity index is 69.3. The molecule has 2 heteroatoms. The Balaban J connectivity index is 3.38. The zero-order chi connectivity index (χ0) is 7.44. The fourth-order valence-corrected chi connectivity index (χ4v) is 0.622. The van der Waals surface area contributed by atoms with E-state index in [9.17, 15) is 0 Å². The topological polar surface area (TPSA) is 40.5 Å². The molecule has 0 aliphatic heterocycles. The molecule has 0 saturated carbocycles. The van der Waals surface area contributed by atoms with Gasteiger partial charge >= 0.3 is 0 Å². The van der Waals surface area contributed by atoms with E-state index in [4.69, 9.17) is 10.2 Å². The van der Waals surface area contributed by atoms with Crippen LogP contribution >= 0.6 is 0 Å². The highest BCUT2D eigenvalue weighted by Crippen LogP contribution is 2.07. The van der Waals surface area contributed by atoms with Crippen LogP contribution in [-0.2, 0) is 0 Å². The minimum Gasteiger partial charge on any atom is -0.393 e. The molecule has 0 unspecified atom stereocenters. The molecule has 0 aliphatic rings. The van der Waals surface area contributed by atoms with Crippen LogP contribution in [0.15, 0.2) is 0 Å². The van der Waals surface area contributed by atoms with Crippen LogP contribution in [0.4, 0.5) is 0 Å². The summed E-state index contributed by atoms with van der Waals surface area (Å²) in [5, 5.41) is 17.9. The molecule has 0 bridgehead atoms. The molecule has 2 N–H and O–H groups in total. The van der Waals surface area contributed by atoms with E-state index in [1.54, 1.807) is 6.92 Å². The molecule has 0 amide bonds. The van der Waals surface area contributed by atoms with Crippen LogP contribution in [-0.4, -0.2) is 22.4 Å². The summed E-state index contributed by atoms with van der Waals surface area (Å²) in [6.45, 7) is 5.56. The number of aliphatic hydroxyl groups is 2. The van der Waals surface area contributed by atoms with E-state index < -0.39 is 0 Å². The van der Waals surface area contributed by atoms with Crippen LogP contribution in [0.5, 0.6) is 0 Å². The van der Waals surface area contributed by atoms with Gasteiger partial charge in [-0.15, -0.1) is 0 Å². The molecule has 0 aliphatic carbocycles. The Hall–Kier alpha value is -0.0800. The smallest absolute Gasteiger partial charge is 0.0587 e. The molecule has 0 aromatic rings. The van der Waals surface area contributed by atoms with Crippen molar-refractivity contribution < 1.29 is 10.2 Å². The van der Waals surface area contributed by atoms with Crippen LogP contribution in [0.25, 0.3) is 0 Å². The van der Waals surface area contributed by atoms with E-state index >= 15 is 0 Å². The second-order valence-corrected chi connectivity index (χ2v) is 2.90. The van der Waals surface area contributed by atoms with Crippen LogP contribution < -0.4 is 0 Å². The molecule has 0 heterocycles. The Morgan fingerprint density at radius 1 is 1.11 bits per heavy atom. The average Bonchev–Trinajstić information content (AvgIpc) is 1.63. The Labute approximate surface area is 56.5 Å². The number of aliphatic hydroxyl groups excluding tert-OH is 2. The van der Waals surface area contributed by atoms with Crippen LogP contribution in [0, 0.1) is 5.92 Å². The molecule has 2 atom stereocenters. The lowest BCUT2D eigenvalue weighted by Gasteiger charge is -2.15. The second-order valence-electron chi connectivity index (χ2n) is 2.90. The largest absolute Gasteiger partial charge is 0.393 e. The standard InChI is InChI=1S/C7H16O2/c1-5(2)7(9)4-6(3)8/h5-9H,4H2,1-3H3/t6-,7+/m0/s1. The number of rotatable bonds is 3. The van der Waals surface area contributed by atoms with Gasteiger partial charge in [0.2, 0.25) is 0 Å². The molecule has 9 heavy (non-hydrogen) atoms. The lowest BCUT2D eigenvalue weighted by molar-refractivity contribution is 0.0613. The zero-order valence-electron chi connectivity index (χ0n) is 6.33. The van der Waals surface area contributed by atoms with Gasteiger partial charge in [-0.1, -0.05) is 13.8 Å². The molecule has 0 radical (unpaired) electrons. The number of hydrogen-bond acceptors (Lipinski definition) is 2. The van der Waals surface area contributed by atoms with Gasteiger partial charge in [-0.25, -0.2) is 0 Å². The zero-order valence-corrected chi connectivity index (χ0v) is 6.33. The van der Waals surface area contributed by atoms with Crippen LogP contribution in [0.1, 0.15) is 27.2 Å².